The van der Waals surface area contributed by atoms with Gasteiger partial charge in [0.15, 0.2) is 5.58 Å². The van der Waals surface area contributed by atoms with Gasteiger partial charge in [0.05, 0.1) is 23.2 Å². The van der Waals surface area contributed by atoms with Gasteiger partial charge in [0, 0.05) is 18.1 Å². The highest BCUT2D eigenvalue weighted by Crippen LogP contribution is 2.26. The minimum absolute atomic E-state index is 0.311. The van der Waals surface area contributed by atoms with Crippen molar-refractivity contribution in [1.29, 1.82) is 0 Å². The van der Waals surface area contributed by atoms with Gasteiger partial charge in [-0.05, 0) is 37.3 Å². The fourth-order valence-electron chi connectivity index (χ4n) is 2.70. The molecule has 2 aromatic carbocycles. The van der Waals surface area contributed by atoms with Crippen LogP contribution in [0.2, 0.25) is 5.02 Å². The van der Waals surface area contributed by atoms with E-state index in [0.29, 0.717) is 45.8 Å². The average molecular weight is 371 g/mol. The standard InChI is InChI=1S/C18H15ClN4O3/c1-3-25-16(24)10-4-7-14-13(8-10)20-17(23(14)2)22-18-21-12-6-5-11(19)9-15(12)26-18/h4-9H,3H2,1-2H3,(H,20,21,22). The van der Waals surface area contributed by atoms with Crippen molar-refractivity contribution >= 4 is 51.7 Å². The maximum atomic E-state index is 11.9. The molecule has 0 atom stereocenters. The maximum absolute atomic E-state index is 11.9. The van der Waals surface area contributed by atoms with E-state index in [9.17, 15) is 4.79 Å². The van der Waals surface area contributed by atoms with Crippen LogP contribution < -0.4 is 5.32 Å². The molecule has 0 unspecified atom stereocenters. The van der Waals surface area contributed by atoms with Crippen LogP contribution in [0.15, 0.2) is 40.8 Å². The van der Waals surface area contributed by atoms with E-state index in [2.05, 4.69) is 15.3 Å². The first kappa shape index (κ1) is 16.4. The smallest absolute Gasteiger partial charge is 0.338 e. The van der Waals surface area contributed by atoms with Gasteiger partial charge in [0.1, 0.15) is 5.52 Å². The third-order valence-electron chi connectivity index (χ3n) is 3.96. The molecule has 7 nitrogen and oxygen atoms in total. The number of carbonyl (C=O) groups is 1. The zero-order valence-corrected chi connectivity index (χ0v) is 14.9. The van der Waals surface area contributed by atoms with E-state index in [4.69, 9.17) is 20.8 Å². The molecule has 8 heteroatoms. The minimum atomic E-state index is -0.370. The van der Waals surface area contributed by atoms with E-state index in [1.54, 1.807) is 37.3 Å². The van der Waals surface area contributed by atoms with Gasteiger partial charge in [-0.3, -0.25) is 5.32 Å². The first-order valence-corrected chi connectivity index (χ1v) is 8.39. The second-order valence-electron chi connectivity index (χ2n) is 5.67. The summed E-state index contributed by atoms with van der Waals surface area (Å²) in [5.74, 6) is 0.170. The number of hydrogen-bond donors (Lipinski definition) is 1. The predicted molar refractivity (Wildman–Crippen MR) is 99.0 cm³/mol. The van der Waals surface area contributed by atoms with Gasteiger partial charge in [-0.25, -0.2) is 9.78 Å². The Balaban J connectivity index is 1.69. The fraction of sp³-hybridized carbons (Fsp3) is 0.167. The number of rotatable bonds is 4. The molecule has 4 rings (SSSR count). The summed E-state index contributed by atoms with van der Waals surface area (Å²) in [7, 11) is 1.86. The normalized spacial score (nSPS) is 11.2. The topological polar surface area (TPSA) is 82.2 Å². The van der Waals surface area contributed by atoms with Gasteiger partial charge in [0.25, 0.3) is 0 Å². The molecule has 132 valence electrons. The number of benzene rings is 2. The lowest BCUT2D eigenvalue weighted by molar-refractivity contribution is 0.0526. The summed E-state index contributed by atoms with van der Waals surface area (Å²) in [4.78, 5) is 20.8. The van der Waals surface area contributed by atoms with Gasteiger partial charge < -0.3 is 13.7 Å². The zero-order chi connectivity index (χ0) is 18.3. The summed E-state index contributed by atoms with van der Waals surface area (Å²) in [6.07, 6.45) is 0. The number of aryl methyl sites for hydroxylation is 1. The third kappa shape index (κ3) is 2.86. The molecular formula is C18H15ClN4O3. The molecule has 2 aromatic heterocycles. The number of ether oxygens (including phenoxy) is 1. The Bertz CT molecular complexity index is 1130. The van der Waals surface area contributed by atoms with Crippen LogP contribution in [0.5, 0.6) is 0 Å². The first-order valence-electron chi connectivity index (χ1n) is 8.02. The fourth-order valence-corrected chi connectivity index (χ4v) is 2.86. The Morgan fingerprint density at radius 3 is 2.88 bits per heavy atom. The monoisotopic (exact) mass is 370 g/mol. The van der Waals surface area contributed by atoms with Crippen molar-refractivity contribution in [1.82, 2.24) is 14.5 Å². The van der Waals surface area contributed by atoms with Crippen molar-refractivity contribution in [3.63, 3.8) is 0 Å². The maximum Gasteiger partial charge on any atom is 0.338 e. The van der Waals surface area contributed by atoms with Crippen molar-refractivity contribution in [2.24, 2.45) is 7.05 Å². The number of esters is 1. The molecule has 0 spiro atoms. The Labute approximate surface area is 153 Å². The van der Waals surface area contributed by atoms with Crippen molar-refractivity contribution in [3.05, 3.63) is 47.0 Å². The van der Waals surface area contributed by atoms with E-state index in [1.165, 1.54) is 0 Å². The van der Waals surface area contributed by atoms with Crippen molar-refractivity contribution < 1.29 is 13.9 Å². The van der Waals surface area contributed by atoms with Crippen LogP contribution in [-0.2, 0) is 11.8 Å². The molecule has 0 bridgehead atoms. The highest BCUT2D eigenvalue weighted by atomic mass is 35.5. The van der Waals surface area contributed by atoms with Gasteiger partial charge in [0.2, 0.25) is 5.95 Å². The predicted octanol–water partition coefficient (Wildman–Crippen LogP) is 4.29. The molecule has 0 saturated heterocycles. The molecule has 0 saturated carbocycles. The molecular weight excluding hydrogens is 356 g/mol. The summed E-state index contributed by atoms with van der Waals surface area (Å²) in [5.41, 5.74) is 3.27. The molecule has 4 aromatic rings. The zero-order valence-electron chi connectivity index (χ0n) is 14.1. The quantitative estimate of drug-likeness (QED) is 0.540. The molecule has 0 aliphatic carbocycles. The molecule has 26 heavy (non-hydrogen) atoms. The number of nitrogens with zero attached hydrogens (tertiary/aromatic N) is 3. The molecule has 0 amide bonds. The number of hydrogen-bond acceptors (Lipinski definition) is 6. The van der Waals surface area contributed by atoms with E-state index in [1.807, 2.05) is 17.7 Å². The lowest BCUT2D eigenvalue weighted by Crippen LogP contribution is -2.04. The number of carbonyl (C=O) groups excluding carboxylic acids is 1. The second kappa shape index (κ2) is 6.34. The summed E-state index contributed by atoms with van der Waals surface area (Å²) >= 11 is 5.97. The van der Waals surface area contributed by atoms with Gasteiger partial charge in [-0.2, -0.15) is 4.98 Å². The van der Waals surface area contributed by atoms with Gasteiger partial charge in [-0.1, -0.05) is 11.6 Å². The molecule has 0 radical (unpaired) electrons. The second-order valence-corrected chi connectivity index (χ2v) is 6.11. The van der Waals surface area contributed by atoms with Crippen LogP contribution in [0.3, 0.4) is 0 Å². The average Bonchev–Trinajstić information content (AvgIpc) is 3.15. The summed E-state index contributed by atoms with van der Waals surface area (Å²) in [6, 6.07) is 10.8. The van der Waals surface area contributed by atoms with E-state index in [0.717, 1.165) is 5.52 Å². The van der Waals surface area contributed by atoms with Crippen molar-refractivity contribution in [2.45, 2.75) is 6.92 Å². The highest BCUT2D eigenvalue weighted by Gasteiger charge is 2.14. The largest absolute Gasteiger partial charge is 0.462 e. The molecule has 2 heterocycles. The van der Waals surface area contributed by atoms with Crippen molar-refractivity contribution in [2.75, 3.05) is 11.9 Å². The number of halogens is 1. The van der Waals surface area contributed by atoms with Crippen LogP contribution in [-0.4, -0.2) is 27.1 Å². The molecule has 0 fully saturated rings. The number of oxazole rings is 1. The summed E-state index contributed by atoms with van der Waals surface area (Å²) in [5, 5.41) is 3.64. The van der Waals surface area contributed by atoms with Crippen LogP contribution in [0.4, 0.5) is 12.0 Å². The third-order valence-corrected chi connectivity index (χ3v) is 4.20. The van der Waals surface area contributed by atoms with Gasteiger partial charge in [-0.15, -0.1) is 0 Å². The van der Waals surface area contributed by atoms with Crippen LogP contribution >= 0.6 is 11.6 Å². The minimum Gasteiger partial charge on any atom is -0.462 e. The summed E-state index contributed by atoms with van der Waals surface area (Å²) in [6.45, 7) is 2.10. The number of nitrogens with one attached hydrogen (secondary N) is 1. The Morgan fingerprint density at radius 2 is 2.08 bits per heavy atom. The first-order chi connectivity index (χ1) is 12.5. The van der Waals surface area contributed by atoms with Gasteiger partial charge >= 0.3 is 12.0 Å². The lowest BCUT2D eigenvalue weighted by atomic mass is 10.2. The molecule has 0 aliphatic rings. The summed E-state index contributed by atoms with van der Waals surface area (Å²) < 4.78 is 12.5. The Kier molecular flexibility index (Phi) is 4.00. The Morgan fingerprint density at radius 1 is 1.23 bits per heavy atom. The molecule has 1 N–H and O–H groups in total. The van der Waals surface area contributed by atoms with E-state index >= 15 is 0 Å². The van der Waals surface area contributed by atoms with E-state index < -0.39 is 0 Å². The van der Waals surface area contributed by atoms with Crippen LogP contribution in [0.1, 0.15) is 17.3 Å². The number of anilines is 2. The van der Waals surface area contributed by atoms with Crippen molar-refractivity contribution in [3.8, 4) is 0 Å². The van der Waals surface area contributed by atoms with Crippen LogP contribution in [0.25, 0.3) is 22.1 Å². The number of aromatic nitrogens is 3. The van der Waals surface area contributed by atoms with E-state index in [-0.39, 0.29) is 5.97 Å². The van der Waals surface area contributed by atoms with Crippen LogP contribution in [0, 0.1) is 0 Å². The number of fused-ring (bicyclic) bond motifs is 2. The lowest BCUT2D eigenvalue weighted by Gasteiger charge is -2.02. The highest BCUT2D eigenvalue weighted by molar-refractivity contribution is 6.31. The Hall–Kier alpha value is -3.06. The molecule has 0 aliphatic heterocycles. The number of imidazole rings is 1. The SMILES string of the molecule is CCOC(=O)c1ccc2c(c1)nc(Nc1nc3ccc(Cl)cc3o1)n2C.